The molecule has 140 valence electrons. The van der Waals surface area contributed by atoms with Gasteiger partial charge in [-0.05, 0) is 25.0 Å². The number of carbonyl (C=O) groups excluding carboxylic acids is 2. The molecule has 0 aliphatic carbocycles. The van der Waals surface area contributed by atoms with Crippen LogP contribution in [0.25, 0.3) is 0 Å². The first-order valence-corrected chi connectivity index (χ1v) is 9.28. The highest BCUT2D eigenvalue weighted by atomic mass is 16.5. The molecule has 2 heterocycles. The SMILES string of the molecule is NC(=O)CN1CCC(NC(=O)C2c3ccccc3Oc3ccccc32)CC1. The number of benzene rings is 2. The van der Waals surface area contributed by atoms with Gasteiger partial charge in [0.1, 0.15) is 11.5 Å². The Labute approximate surface area is 158 Å². The second-order valence-corrected chi connectivity index (χ2v) is 7.14. The number of primary amides is 1. The van der Waals surface area contributed by atoms with Gasteiger partial charge in [-0.1, -0.05) is 36.4 Å². The van der Waals surface area contributed by atoms with E-state index in [-0.39, 0.29) is 30.3 Å². The van der Waals surface area contributed by atoms with Crippen molar-refractivity contribution in [2.75, 3.05) is 19.6 Å². The molecule has 4 rings (SSSR count). The molecule has 0 radical (unpaired) electrons. The van der Waals surface area contributed by atoms with Crippen LogP contribution in [0.2, 0.25) is 0 Å². The van der Waals surface area contributed by atoms with Crippen LogP contribution in [-0.2, 0) is 9.59 Å². The zero-order valence-corrected chi connectivity index (χ0v) is 15.1. The molecule has 2 aliphatic heterocycles. The average molecular weight is 365 g/mol. The van der Waals surface area contributed by atoms with Crippen LogP contribution in [0.4, 0.5) is 0 Å². The van der Waals surface area contributed by atoms with Gasteiger partial charge in [0.2, 0.25) is 11.8 Å². The van der Waals surface area contributed by atoms with E-state index in [1.807, 2.05) is 53.4 Å². The quantitative estimate of drug-likeness (QED) is 0.868. The second-order valence-electron chi connectivity index (χ2n) is 7.14. The smallest absolute Gasteiger partial charge is 0.232 e. The second kappa shape index (κ2) is 7.40. The van der Waals surface area contributed by atoms with Crippen molar-refractivity contribution < 1.29 is 14.3 Å². The van der Waals surface area contributed by atoms with Crippen molar-refractivity contribution in [2.45, 2.75) is 24.8 Å². The van der Waals surface area contributed by atoms with Crippen LogP contribution >= 0.6 is 0 Å². The van der Waals surface area contributed by atoms with Crippen molar-refractivity contribution in [3.8, 4) is 11.5 Å². The highest BCUT2D eigenvalue weighted by Gasteiger charge is 2.33. The molecule has 6 heteroatoms. The van der Waals surface area contributed by atoms with E-state index in [0.717, 1.165) is 48.6 Å². The first-order chi connectivity index (χ1) is 13.1. The fourth-order valence-corrected chi connectivity index (χ4v) is 3.93. The van der Waals surface area contributed by atoms with Gasteiger partial charge in [-0.15, -0.1) is 0 Å². The van der Waals surface area contributed by atoms with Gasteiger partial charge < -0.3 is 15.8 Å². The lowest BCUT2D eigenvalue weighted by atomic mass is 9.87. The average Bonchev–Trinajstić information content (AvgIpc) is 2.67. The van der Waals surface area contributed by atoms with Crippen molar-refractivity contribution >= 4 is 11.8 Å². The molecule has 0 aromatic heterocycles. The number of piperidine rings is 1. The first-order valence-electron chi connectivity index (χ1n) is 9.28. The summed E-state index contributed by atoms with van der Waals surface area (Å²) in [5.41, 5.74) is 7.04. The van der Waals surface area contributed by atoms with Crippen molar-refractivity contribution in [3.05, 3.63) is 59.7 Å². The largest absolute Gasteiger partial charge is 0.457 e. The molecule has 3 N–H and O–H groups in total. The van der Waals surface area contributed by atoms with Gasteiger partial charge in [0.15, 0.2) is 0 Å². The van der Waals surface area contributed by atoms with Crippen LogP contribution in [0.5, 0.6) is 11.5 Å². The van der Waals surface area contributed by atoms with E-state index < -0.39 is 0 Å². The van der Waals surface area contributed by atoms with E-state index in [2.05, 4.69) is 5.32 Å². The van der Waals surface area contributed by atoms with E-state index in [4.69, 9.17) is 10.5 Å². The number of hydrogen-bond donors (Lipinski definition) is 2. The summed E-state index contributed by atoms with van der Waals surface area (Å²) in [6.45, 7) is 1.80. The number of nitrogens with two attached hydrogens (primary N) is 1. The molecule has 2 aliphatic rings. The summed E-state index contributed by atoms with van der Waals surface area (Å²) < 4.78 is 5.97. The molecule has 2 aromatic carbocycles. The number of rotatable bonds is 4. The minimum atomic E-state index is -0.380. The zero-order chi connectivity index (χ0) is 18.8. The van der Waals surface area contributed by atoms with Crippen LogP contribution < -0.4 is 15.8 Å². The predicted octanol–water partition coefficient (Wildman–Crippen LogP) is 1.99. The Morgan fingerprint density at radius 1 is 1.00 bits per heavy atom. The van der Waals surface area contributed by atoms with Crippen molar-refractivity contribution in [1.82, 2.24) is 10.2 Å². The number of ether oxygens (including phenoxy) is 1. The highest BCUT2D eigenvalue weighted by Crippen LogP contribution is 2.43. The fourth-order valence-electron chi connectivity index (χ4n) is 3.93. The molecule has 0 atom stereocenters. The van der Waals surface area contributed by atoms with Gasteiger partial charge >= 0.3 is 0 Å². The summed E-state index contributed by atoms with van der Waals surface area (Å²) in [5, 5.41) is 3.21. The summed E-state index contributed by atoms with van der Waals surface area (Å²) in [6.07, 6.45) is 1.62. The Hall–Kier alpha value is -2.86. The standard InChI is InChI=1S/C21H23N3O3/c22-19(25)13-24-11-9-14(10-12-24)23-21(26)20-15-5-1-3-7-17(15)27-18-8-4-2-6-16(18)20/h1-8,14,20H,9-13H2,(H2,22,25)(H,23,26). The molecule has 1 fully saturated rings. The maximum Gasteiger partial charge on any atom is 0.232 e. The normalized spacial score (nSPS) is 17.5. The van der Waals surface area contributed by atoms with Crippen LogP contribution in [0.1, 0.15) is 29.9 Å². The predicted molar refractivity (Wildman–Crippen MR) is 102 cm³/mol. The highest BCUT2D eigenvalue weighted by molar-refractivity contribution is 5.89. The topological polar surface area (TPSA) is 84.7 Å². The lowest BCUT2D eigenvalue weighted by molar-refractivity contribution is -0.123. The van der Waals surface area contributed by atoms with Gasteiger partial charge in [-0.25, -0.2) is 0 Å². The van der Waals surface area contributed by atoms with Gasteiger partial charge in [0.25, 0.3) is 0 Å². The lowest BCUT2D eigenvalue weighted by Crippen LogP contribution is -2.47. The molecule has 1 saturated heterocycles. The number of nitrogens with zero attached hydrogens (tertiary/aromatic N) is 1. The van der Waals surface area contributed by atoms with E-state index in [1.165, 1.54) is 0 Å². The number of nitrogens with one attached hydrogen (secondary N) is 1. The van der Waals surface area contributed by atoms with Gasteiger partial charge in [-0.3, -0.25) is 14.5 Å². The maximum absolute atomic E-state index is 13.2. The van der Waals surface area contributed by atoms with Crippen LogP contribution in [0, 0.1) is 0 Å². The zero-order valence-electron chi connectivity index (χ0n) is 15.1. The molecule has 0 spiro atoms. The summed E-state index contributed by atoms with van der Waals surface area (Å²) >= 11 is 0. The van der Waals surface area contributed by atoms with Crippen molar-refractivity contribution in [3.63, 3.8) is 0 Å². The Morgan fingerprint density at radius 2 is 1.56 bits per heavy atom. The number of carbonyl (C=O) groups is 2. The monoisotopic (exact) mass is 365 g/mol. The summed E-state index contributed by atoms with van der Waals surface area (Å²) in [5.74, 6) is 0.759. The molecule has 0 bridgehead atoms. The Bertz CT molecular complexity index is 814. The third-order valence-electron chi connectivity index (χ3n) is 5.26. The van der Waals surface area contributed by atoms with E-state index in [9.17, 15) is 9.59 Å². The minimum absolute atomic E-state index is 0.00782. The molecule has 0 unspecified atom stereocenters. The summed E-state index contributed by atoms with van der Waals surface area (Å²) in [6, 6.07) is 15.5. The maximum atomic E-state index is 13.2. The number of likely N-dealkylation sites (tertiary alicyclic amines) is 1. The van der Waals surface area contributed by atoms with Crippen molar-refractivity contribution in [2.24, 2.45) is 5.73 Å². The number of para-hydroxylation sites is 2. The van der Waals surface area contributed by atoms with Gasteiger partial charge in [-0.2, -0.15) is 0 Å². The molecule has 0 saturated carbocycles. The Balaban J connectivity index is 1.50. The number of amides is 2. The van der Waals surface area contributed by atoms with Crippen LogP contribution in [0.15, 0.2) is 48.5 Å². The fraction of sp³-hybridized carbons (Fsp3) is 0.333. The Morgan fingerprint density at radius 3 is 2.11 bits per heavy atom. The van der Waals surface area contributed by atoms with Crippen molar-refractivity contribution in [1.29, 1.82) is 0 Å². The van der Waals surface area contributed by atoms with Crippen LogP contribution in [0.3, 0.4) is 0 Å². The van der Waals surface area contributed by atoms with E-state index in [1.54, 1.807) is 0 Å². The molecule has 2 amide bonds. The summed E-state index contributed by atoms with van der Waals surface area (Å²) in [4.78, 5) is 26.3. The molecular weight excluding hydrogens is 342 g/mol. The number of fused-ring (bicyclic) bond motifs is 2. The first kappa shape index (κ1) is 17.5. The van der Waals surface area contributed by atoms with Crippen LogP contribution in [-0.4, -0.2) is 42.4 Å². The van der Waals surface area contributed by atoms with E-state index in [0.29, 0.717) is 0 Å². The third kappa shape index (κ3) is 3.66. The number of hydrogen-bond acceptors (Lipinski definition) is 4. The molecule has 2 aromatic rings. The lowest BCUT2D eigenvalue weighted by Gasteiger charge is -2.33. The summed E-state index contributed by atoms with van der Waals surface area (Å²) in [7, 11) is 0. The molecular formula is C21H23N3O3. The van der Waals surface area contributed by atoms with E-state index >= 15 is 0 Å². The molecule has 6 nitrogen and oxygen atoms in total. The third-order valence-corrected chi connectivity index (χ3v) is 5.26. The van der Waals surface area contributed by atoms with Gasteiger partial charge in [0, 0.05) is 30.3 Å². The van der Waals surface area contributed by atoms with Gasteiger partial charge in [0.05, 0.1) is 12.5 Å². The Kier molecular flexibility index (Phi) is 4.81. The minimum Gasteiger partial charge on any atom is -0.457 e. The molecule has 27 heavy (non-hydrogen) atoms.